The zero-order chi connectivity index (χ0) is 10.9. The zero-order valence-corrected chi connectivity index (χ0v) is 9.92. The Morgan fingerprint density at radius 1 is 1.12 bits per heavy atom. The monoisotopic (exact) mass is 258 g/mol. The zero-order valence-electron chi connectivity index (χ0n) is 8.82. The normalized spacial score (nSPS) is 8.50. The summed E-state index contributed by atoms with van der Waals surface area (Å²) < 4.78 is 0. The third-order valence-electron chi connectivity index (χ3n) is 1.91. The molecule has 0 spiro atoms. The molecule has 0 fully saturated rings. The molecule has 0 heterocycles. The smallest absolute Gasteiger partial charge is 0.481 e. The Labute approximate surface area is 106 Å². The van der Waals surface area contributed by atoms with Crippen molar-refractivity contribution in [2.45, 2.75) is 12.8 Å². The predicted octanol–water partition coefficient (Wildman–Crippen LogP) is 2.83. The summed E-state index contributed by atoms with van der Waals surface area (Å²) in [6.45, 7) is 0. The molecule has 2 aromatic rings. The molecule has 0 aromatic heterocycles. The molecule has 0 saturated heterocycles. The third-order valence-corrected chi connectivity index (χ3v) is 1.91. The average molecular weight is 258 g/mol. The van der Waals surface area contributed by atoms with E-state index >= 15 is 0 Å². The van der Waals surface area contributed by atoms with Crippen LogP contribution in [0.1, 0.15) is 12.0 Å². The minimum atomic E-state index is -0.735. The Bertz CT molecular complexity index is 332. The van der Waals surface area contributed by atoms with Gasteiger partial charge in [-0.15, -0.1) is 0 Å². The van der Waals surface area contributed by atoms with Crippen LogP contribution in [0.2, 0.25) is 0 Å². The molecular formula is C13H14FeO2. The van der Waals surface area contributed by atoms with Crippen molar-refractivity contribution < 1.29 is 27.0 Å². The van der Waals surface area contributed by atoms with Crippen LogP contribution in [0, 0.1) is 0 Å². The largest absolute Gasteiger partial charge is 2.00 e. The van der Waals surface area contributed by atoms with Crippen molar-refractivity contribution in [1.82, 2.24) is 0 Å². The van der Waals surface area contributed by atoms with Gasteiger partial charge in [0.1, 0.15) is 0 Å². The maximum Gasteiger partial charge on any atom is 2.00 e. The van der Waals surface area contributed by atoms with Crippen LogP contribution in [0.15, 0.2) is 54.6 Å². The molecule has 1 N–H and O–H groups in total. The molecule has 0 aliphatic rings. The third kappa shape index (κ3) is 7.04. The van der Waals surface area contributed by atoms with Crippen molar-refractivity contribution in [2.24, 2.45) is 0 Å². The van der Waals surface area contributed by atoms with Gasteiger partial charge in [-0.2, -0.15) is 35.9 Å². The molecule has 0 aliphatic heterocycles. The van der Waals surface area contributed by atoms with E-state index in [1.807, 2.05) is 54.6 Å². The van der Waals surface area contributed by atoms with Crippen molar-refractivity contribution in [3.8, 4) is 0 Å². The summed E-state index contributed by atoms with van der Waals surface area (Å²) in [7, 11) is 0. The summed E-state index contributed by atoms with van der Waals surface area (Å²) in [4.78, 5) is 10.1. The van der Waals surface area contributed by atoms with Gasteiger partial charge in [0.2, 0.25) is 0 Å². The van der Waals surface area contributed by atoms with Gasteiger partial charge < -0.3 is 5.11 Å². The van der Waals surface area contributed by atoms with Crippen LogP contribution in [0.4, 0.5) is 0 Å². The molecule has 2 aromatic carbocycles. The molecule has 0 bridgehead atoms. The number of rotatable bonds is 3. The van der Waals surface area contributed by atoms with E-state index in [2.05, 4.69) is 0 Å². The minimum absolute atomic E-state index is 0. The standard InChI is InChI=1S/C8H9O2.C5H5.Fe/c9-8(10)6-5-7-3-1-2-4-7;1-2-4-5-3-1;/h1-4H,5-6H2,(H,9,10);1-5H;/q2*-1;+2. The van der Waals surface area contributed by atoms with Crippen LogP contribution in [0.5, 0.6) is 0 Å². The van der Waals surface area contributed by atoms with E-state index in [1.54, 1.807) is 0 Å². The van der Waals surface area contributed by atoms with Gasteiger partial charge in [0.25, 0.3) is 0 Å². The van der Waals surface area contributed by atoms with E-state index in [-0.39, 0.29) is 23.5 Å². The van der Waals surface area contributed by atoms with Crippen molar-refractivity contribution in [2.75, 3.05) is 0 Å². The fourth-order valence-electron chi connectivity index (χ4n) is 1.15. The number of carboxylic acid groups (broad SMARTS) is 1. The van der Waals surface area contributed by atoms with E-state index in [0.717, 1.165) is 5.56 Å². The van der Waals surface area contributed by atoms with Gasteiger partial charge in [0.15, 0.2) is 0 Å². The summed E-state index contributed by atoms with van der Waals surface area (Å²) in [5.74, 6) is -0.735. The van der Waals surface area contributed by atoms with Crippen LogP contribution in [0.3, 0.4) is 0 Å². The number of aryl methyl sites for hydroxylation is 1. The predicted molar refractivity (Wildman–Crippen MR) is 60.0 cm³/mol. The molecule has 0 unspecified atom stereocenters. The van der Waals surface area contributed by atoms with Crippen LogP contribution in [-0.2, 0) is 28.3 Å². The Balaban J connectivity index is 0.000000318. The molecule has 3 heteroatoms. The van der Waals surface area contributed by atoms with Gasteiger partial charge in [0, 0.05) is 6.42 Å². The quantitative estimate of drug-likeness (QED) is 0.679. The first-order valence-corrected chi connectivity index (χ1v) is 4.88. The Morgan fingerprint density at radius 3 is 2.06 bits per heavy atom. The maximum absolute atomic E-state index is 10.1. The first-order chi connectivity index (χ1) is 7.29. The van der Waals surface area contributed by atoms with E-state index < -0.39 is 5.97 Å². The van der Waals surface area contributed by atoms with Crippen molar-refractivity contribution >= 4 is 5.97 Å². The van der Waals surface area contributed by atoms with E-state index in [0.29, 0.717) is 6.42 Å². The number of hydrogen-bond acceptors (Lipinski definition) is 1. The van der Waals surface area contributed by atoms with Crippen LogP contribution < -0.4 is 0 Å². The molecule has 0 radical (unpaired) electrons. The van der Waals surface area contributed by atoms with Gasteiger partial charge in [-0.3, -0.25) is 4.79 Å². The van der Waals surface area contributed by atoms with Gasteiger partial charge in [-0.1, -0.05) is 6.42 Å². The second kappa shape index (κ2) is 8.95. The number of aliphatic carboxylic acids is 1. The maximum atomic E-state index is 10.1. The summed E-state index contributed by atoms with van der Waals surface area (Å²) in [5.41, 5.74) is 1.10. The molecule has 86 valence electrons. The molecule has 2 nitrogen and oxygen atoms in total. The number of carboxylic acids is 1. The summed E-state index contributed by atoms with van der Waals surface area (Å²) in [5, 5.41) is 8.31. The molecule has 16 heavy (non-hydrogen) atoms. The fourth-order valence-corrected chi connectivity index (χ4v) is 1.15. The van der Waals surface area contributed by atoms with Crippen molar-refractivity contribution in [3.05, 3.63) is 60.2 Å². The van der Waals surface area contributed by atoms with Gasteiger partial charge in [-0.25, -0.2) is 24.3 Å². The second-order valence-corrected chi connectivity index (χ2v) is 3.15. The Kier molecular flexibility index (Phi) is 8.22. The number of carbonyl (C=O) groups is 1. The van der Waals surface area contributed by atoms with Gasteiger partial charge >= 0.3 is 23.0 Å². The summed E-state index contributed by atoms with van der Waals surface area (Å²) >= 11 is 0. The van der Waals surface area contributed by atoms with Crippen LogP contribution >= 0.6 is 0 Å². The average Bonchev–Trinajstić information content (AvgIpc) is 2.91. The molecule has 0 amide bonds. The molecule has 0 saturated carbocycles. The van der Waals surface area contributed by atoms with Crippen molar-refractivity contribution in [3.63, 3.8) is 0 Å². The second-order valence-electron chi connectivity index (χ2n) is 3.15. The molecule has 0 aliphatic carbocycles. The summed E-state index contributed by atoms with van der Waals surface area (Å²) in [6, 6.07) is 17.7. The SMILES string of the molecule is O=C(O)CC[c-]1cccc1.[Fe+2].c1cc[cH-]c1. The van der Waals surface area contributed by atoms with E-state index in [1.165, 1.54) is 0 Å². The molecular weight excluding hydrogens is 244 g/mol. The Hall–Kier alpha value is -1.31. The van der Waals surface area contributed by atoms with Gasteiger partial charge in [-0.05, 0) is 0 Å². The summed E-state index contributed by atoms with van der Waals surface area (Å²) in [6.07, 6.45) is 0.867. The Morgan fingerprint density at radius 2 is 1.69 bits per heavy atom. The first-order valence-electron chi connectivity index (χ1n) is 4.88. The van der Waals surface area contributed by atoms with E-state index in [9.17, 15) is 4.79 Å². The minimum Gasteiger partial charge on any atom is -0.481 e. The molecule has 2 rings (SSSR count). The van der Waals surface area contributed by atoms with E-state index in [4.69, 9.17) is 5.11 Å². The number of hydrogen-bond donors (Lipinski definition) is 1. The molecule has 0 atom stereocenters. The first kappa shape index (κ1) is 14.7. The van der Waals surface area contributed by atoms with Crippen LogP contribution in [-0.4, -0.2) is 11.1 Å². The van der Waals surface area contributed by atoms with Crippen LogP contribution in [0.25, 0.3) is 0 Å². The fraction of sp³-hybridized carbons (Fsp3) is 0.154. The van der Waals surface area contributed by atoms with Crippen molar-refractivity contribution in [1.29, 1.82) is 0 Å². The topological polar surface area (TPSA) is 37.3 Å². The van der Waals surface area contributed by atoms with Gasteiger partial charge in [0.05, 0.1) is 0 Å².